The lowest BCUT2D eigenvalue weighted by Crippen LogP contribution is -2.23. The van der Waals surface area contributed by atoms with E-state index in [2.05, 4.69) is 10.00 Å². The molecule has 1 aromatic heterocycles. The third-order valence-corrected chi connectivity index (χ3v) is 3.74. The van der Waals surface area contributed by atoms with Crippen LogP contribution in [-0.4, -0.2) is 48.2 Å². The number of Topliss-reactive ketones (excluding diaryl/α,β-unsaturated/α-hetero) is 1. The van der Waals surface area contributed by atoms with Gasteiger partial charge < -0.3 is 9.64 Å². The highest BCUT2D eigenvalue weighted by Crippen LogP contribution is 2.31. The van der Waals surface area contributed by atoms with E-state index in [4.69, 9.17) is 4.74 Å². The molecule has 0 unspecified atom stereocenters. The van der Waals surface area contributed by atoms with Crippen molar-refractivity contribution in [3.05, 3.63) is 11.9 Å². The molecule has 0 N–H and O–H groups in total. The molecule has 1 fully saturated rings. The van der Waals surface area contributed by atoms with Crippen LogP contribution in [0.15, 0.2) is 6.20 Å². The smallest absolute Gasteiger partial charge is 0.187 e. The second-order valence-electron chi connectivity index (χ2n) is 5.43. The Hall–Kier alpha value is -1.36. The first kappa shape index (κ1) is 14.1. The molecule has 5 nitrogen and oxygen atoms in total. The van der Waals surface area contributed by atoms with Crippen LogP contribution >= 0.6 is 0 Å². The SMILES string of the molecule is COc1cnn(CCN(C)C)c1C(=O)C1CCCC1. The maximum absolute atomic E-state index is 12.6. The second kappa shape index (κ2) is 6.19. The second-order valence-corrected chi connectivity index (χ2v) is 5.43. The van der Waals surface area contributed by atoms with E-state index in [9.17, 15) is 4.79 Å². The summed E-state index contributed by atoms with van der Waals surface area (Å²) in [5.74, 6) is 0.963. The quantitative estimate of drug-likeness (QED) is 0.736. The largest absolute Gasteiger partial charge is 0.493 e. The minimum absolute atomic E-state index is 0.156. The average molecular weight is 265 g/mol. The number of likely N-dealkylation sites (N-methyl/N-ethyl adjacent to an activating group) is 1. The summed E-state index contributed by atoms with van der Waals surface area (Å²) in [6.45, 7) is 1.57. The minimum Gasteiger partial charge on any atom is -0.493 e. The van der Waals surface area contributed by atoms with Crippen molar-refractivity contribution < 1.29 is 9.53 Å². The molecule has 5 heteroatoms. The van der Waals surface area contributed by atoms with Crippen LogP contribution in [0.2, 0.25) is 0 Å². The predicted octanol–water partition coefficient (Wildman–Crippen LogP) is 1.83. The van der Waals surface area contributed by atoms with Gasteiger partial charge in [-0.1, -0.05) is 12.8 Å². The standard InChI is InChI=1S/C14H23N3O2/c1-16(2)8-9-17-13(12(19-3)10-15-17)14(18)11-6-4-5-7-11/h10-11H,4-9H2,1-3H3. The fourth-order valence-corrected chi connectivity index (χ4v) is 2.61. The Morgan fingerprint density at radius 1 is 1.47 bits per heavy atom. The van der Waals surface area contributed by atoms with Crippen LogP contribution in [0.5, 0.6) is 5.75 Å². The number of carbonyl (C=O) groups excluding carboxylic acids is 1. The van der Waals surface area contributed by atoms with E-state index in [1.165, 1.54) is 0 Å². The predicted molar refractivity (Wildman–Crippen MR) is 73.6 cm³/mol. The lowest BCUT2D eigenvalue weighted by Gasteiger charge is -2.14. The highest BCUT2D eigenvalue weighted by Gasteiger charge is 2.29. The van der Waals surface area contributed by atoms with Gasteiger partial charge in [-0.25, -0.2) is 0 Å². The molecule has 1 aliphatic rings. The zero-order valence-corrected chi connectivity index (χ0v) is 12.1. The third kappa shape index (κ3) is 3.15. The van der Waals surface area contributed by atoms with Crippen molar-refractivity contribution in [1.82, 2.24) is 14.7 Å². The molecule has 0 atom stereocenters. The van der Waals surface area contributed by atoms with Gasteiger partial charge in [0.15, 0.2) is 11.5 Å². The monoisotopic (exact) mass is 265 g/mol. The number of methoxy groups -OCH3 is 1. The van der Waals surface area contributed by atoms with E-state index in [-0.39, 0.29) is 11.7 Å². The number of ether oxygens (including phenoxy) is 1. The zero-order chi connectivity index (χ0) is 13.8. The van der Waals surface area contributed by atoms with Gasteiger partial charge in [-0.05, 0) is 26.9 Å². The Morgan fingerprint density at radius 2 is 2.16 bits per heavy atom. The number of carbonyl (C=O) groups is 1. The summed E-state index contributed by atoms with van der Waals surface area (Å²) >= 11 is 0. The van der Waals surface area contributed by atoms with Crippen LogP contribution in [0.25, 0.3) is 0 Å². The summed E-state index contributed by atoms with van der Waals surface area (Å²) in [7, 11) is 5.62. The Balaban J connectivity index is 2.20. The molecule has 0 aliphatic heterocycles. The molecule has 0 radical (unpaired) electrons. The van der Waals surface area contributed by atoms with Crippen LogP contribution in [0.3, 0.4) is 0 Å². The summed E-state index contributed by atoms with van der Waals surface area (Å²) in [6, 6.07) is 0. The fraction of sp³-hybridized carbons (Fsp3) is 0.714. The normalized spacial score (nSPS) is 16.2. The summed E-state index contributed by atoms with van der Waals surface area (Å²) in [5, 5.41) is 4.30. The Labute approximate surface area is 114 Å². The van der Waals surface area contributed by atoms with E-state index in [0.717, 1.165) is 32.2 Å². The number of hydrogen-bond acceptors (Lipinski definition) is 4. The third-order valence-electron chi connectivity index (χ3n) is 3.74. The highest BCUT2D eigenvalue weighted by molar-refractivity contribution is 5.98. The fourth-order valence-electron chi connectivity index (χ4n) is 2.61. The van der Waals surface area contributed by atoms with Crippen molar-refractivity contribution in [2.45, 2.75) is 32.2 Å². The molecule has 0 amide bonds. The van der Waals surface area contributed by atoms with Crippen LogP contribution in [0, 0.1) is 5.92 Å². The molecule has 0 spiro atoms. The summed E-state index contributed by atoms with van der Waals surface area (Å²) in [5.41, 5.74) is 0.649. The average Bonchev–Trinajstić information content (AvgIpc) is 3.04. The molecule has 1 saturated carbocycles. The summed E-state index contributed by atoms with van der Waals surface area (Å²) in [4.78, 5) is 14.7. The van der Waals surface area contributed by atoms with Gasteiger partial charge in [-0.15, -0.1) is 0 Å². The number of nitrogens with zero attached hydrogens (tertiary/aromatic N) is 3. The van der Waals surface area contributed by atoms with Gasteiger partial charge in [-0.3, -0.25) is 9.48 Å². The molecular weight excluding hydrogens is 242 g/mol. The Kier molecular flexibility index (Phi) is 4.58. The Bertz CT molecular complexity index is 434. The van der Waals surface area contributed by atoms with Crippen molar-refractivity contribution in [3.63, 3.8) is 0 Å². The topological polar surface area (TPSA) is 47.4 Å². The van der Waals surface area contributed by atoms with Crippen LogP contribution in [0.1, 0.15) is 36.2 Å². The van der Waals surface area contributed by atoms with Gasteiger partial charge in [0.1, 0.15) is 5.69 Å². The zero-order valence-electron chi connectivity index (χ0n) is 12.1. The van der Waals surface area contributed by atoms with E-state index in [0.29, 0.717) is 18.0 Å². The van der Waals surface area contributed by atoms with Crippen molar-refractivity contribution in [1.29, 1.82) is 0 Å². The molecule has 0 bridgehead atoms. The van der Waals surface area contributed by atoms with E-state index >= 15 is 0 Å². The minimum atomic E-state index is 0.156. The number of rotatable bonds is 6. The first-order chi connectivity index (χ1) is 9.13. The molecular formula is C14H23N3O2. The van der Waals surface area contributed by atoms with Gasteiger partial charge in [0.05, 0.1) is 19.9 Å². The van der Waals surface area contributed by atoms with Crippen molar-refractivity contribution in [2.24, 2.45) is 5.92 Å². The number of aromatic nitrogens is 2. The molecule has 19 heavy (non-hydrogen) atoms. The summed E-state index contributed by atoms with van der Waals surface area (Å²) in [6.07, 6.45) is 5.97. The van der Waals surface area contributed by atoms with Gasteiger partial charge >= 0.3 is 0 Å². The van der Waals surface area contributed by atoms with E-state index < -0.39 is 0 Å². The molecule has 1 aromatic rings. The van der Waals surface area contributed by atoms with Gasteiger partial charge in [0.25, 0.3) is 0 Å². The van der Waals surface area contributed by atoms with E-state index in [1.54, 1.807) is 18.0 Å². The summed E-state index contributed by atoms with van der Waals surface area (Å²) < 4.78 is 7.09. The van der Waals surface area contributed by atoms with Crippen molar-refractivity contribution >= 4 is 5.78 Å². The van der Waals surface area contributed by atoms with Crippen LogP contribution < -0.4 is 4.74 Å². The van der Waals surface area contributed by atoms with Crippen LogP contribution in [-0.2, 0) is 6.54 Å². The lowest BCUT2D eigenvalue weighted by molar-refractivity contribution is 0.0907. The molecule has 0 aromatic carbocycles. The number of hydrogen-bond donors (Lipinski definition) is 0. The van der Waals surface area contributed by atoms with Gasteiger partial charge in [0.2, 0.25) is 0 Å². The first-order valence-electron chi connectivity index (χ1n) is 6.92. The highest BCUT2D eigenvalue weighted by atomic mass is 16.5. The first-order valence-corrected chi connectivity index (χ1v) is 6.92. The molecule has 0 saturated heterocycles. The molecule has 106 valence electrons. The molecule has 2 rings (SSSR count). The molecule has 1 heterocycles. The maximum atomic E-state index is 12.6. The van der Waals surface area contributed by atoms with Gasteiger partial charge in [0, 0.05) is 12.5 Å². The molecule has 1 aliphatic carbocycles. The Morgan fingerprint density at radius 3 is 2.74 bits per heavy atom. The number of ketones is 1. The van der Waals surface area contributed by atoms with Crippen LogP contribution in [0.4, 0.5) is 0 Å². The van der Waals surface area contributed by atoms with E-state index in [1.807, 2.05) is 14.1 Å². The van der Waals surface area contributed by atoms with Crippen molar-refractivity contribution in [2.75, 3.05) is 27.7 Å². The maximum Gasteiger partial charge on any atom is 0.187 e. The van der Waals surface area contributed by atoms with Gasteiger partial charge in [-0.2, -0.15) is 5.10 Å². The lowest BCUT2D eigenvalue weighted by atomic mass is 10.00. The van der Waals surface area contributed by atoms with Crippen molar-refractivity contribution in [3.8, 4) is 5.75 Å².